The number of hydrogen-bond acceptors (Lipinski definition) is 1. The molecule has 0 aliphatic carbocycles. The van der Waals surface area contributed by atoms with Crippen LogP contribution in [0.2, 0.25) is 0 Å². The molecule has 1 atom stereocenters. The van der Waals surface area contributed by atoms with Crippen molar-refractivity contribution in [2.45, 2.75) is 19.4 Å². The Hall–Kier alpha value is -0.480. The molecule has 0 aliphatic heterocycles. The lowest BCUT2D eigenvalue weighted by atomic mass is 10.3. The largest absolute Gasteiger partial charge is 0.380 e. The predicted molar refractivity (Wildman–Crippen MR) is 23.4 cm³/mol. The van der Waals surface area contributed by atoms with Crippen molar-refractivity contribution in [2.75, 3.05) is 0 Å². The van der Waals surface area contributed by atoms with Gasteiger partial charge in [-0.1, -0.05) is 12.8 Å². The summed E-state index contributed by atoms with van der Waals surface area (Å²) in [5.74, 6) is 1.92. The van der Waals surface area contributed by atoms with Gasteiger partial charge in [-0.25, -0.2) is 0 Å². The molecule has 0 amide bonds. The number of hydrogen-bond donors (Lipinski definition) is 1. The maximum absolute atomic E-state index is 8.37. The first-order valence-electron chi connectivity index (χ1n) is 1.91. The van der Waals surface area contributed by atoms with E-state index in [2.05, 4.69) is 0 Å². The number of rotatable bonds is 1. The molecule has 0 rings (SSSR count). The third-order valence-electron chi connectivity index (χ3n) is 0.553. The van der Waals surface area contributed by atoms with Crippen molar-refractivity contribution in [1.29, 1.82) is 0 Å². The Morgan fingerprint density at radius 1 is 2.00 bits per heavy atom. The van der Waals surface area contributed by atoms with Crippen molar-refractivity contribution < 1.29 is 5.11 Å². The van der Waals surface area contributed by atoms with Gasteiger partial charge < -0.3 is 5.11 Å². The zero-order valence-corrected chi connectivity index (χ0v) is 3.73. The number of aliphatic hydroxyl groups excluding tert-OH is 1. The molecule has 0 bridgehead atoms. The van der Waals surface area contributed by atoms with Crippen LogP contribution in [0.3, 0.4) is 0 Å². The standard InChI is InChI=1S/C5H7O/c1-3-5(6)4-2/h5-6H,3H2,1H3. The summed E-state index contributed by atoms with van der Waals surface area (Å²) in [6.07, 6.45) is 6.25. The van der Waals surface area contributed by atoms with Gasteiger partial charge in [0.15, 0.2) is 0 Å². The fourth-order valence-corrected chi connectivity index (χ4v) is 0.102. The Morgan fingerprint density at radius 3 is 2.50 bits per heavy atom. The lowest BCUT2D eigenvalue weighted by molar-refractivity contribution is 0.228. The van der Waals surface area contributed by atoms with Gasteiger partial charge in [-0.15, -0.1) is 0 Å². The lowest BCUT2D eigenvalue weighted by Crippen LogP contribution is -1.97. The Balaban J connectivity index is 3.04. The lowest BCUT2D eigenvalue weighted by Gasteiger charge is -1.90. The van der Waals surface area contributed by atoms with Gasteiger partial charge >= 0.3 is 0 Å². The SMILES string of the molecule is [C]#CC(O)CC. The van der Waals surface area contributed by atoms with Gasteiger partial charge in [-0.05, 0) is 12.8 Å². The normalized spacial score (nSPS) is 12.8. The average Bonchev–Trinajstić information content (AvgIpc) is 1.65. The van der Waals surface area contributed by atoms with Gasteiger partial charge in [0.2, 0.25) is 0 Å². The van der Waals surface area contributed by atoms with E-state index in [-0.39, 0.29) is 0 Å². The second kappa shape index (κ2) is 2.74. The zero-order chi connectivity index (χ0) is 4.99. The monoisotopic (exact) mass is 83.0 g/mol. The molecule has 0 aromatic carbocycles. The van der Waals surface area contributed by atoms with E-state index >= 15 is 0 Å². The van der Waals surface area contributed by atoms with Crippen LogP contribution in [0.4, 0.5) is 0 Å². The highest BCUT2D eigenvalue weighted by Gasteiger charge is 1.87. The highest BCUT2D eigenvalue weighted by molar-refractivity contribution is 4.84. The van der Waals surface area contributed by atoms with E-state index in [0.717, 1.165) is 0 Å². The molecule has 0 saturated heterocycles. The van der Waals surface area contributed by atoms with E-state index in [1.807, 2.05) is 5.92 Å². The molecule has 1 unspecified atom stereocenters. The second-order valence-corrected chi connectivity index (χ2v) is 1.07. The van der Waals surface area contributed by atoms with Crippen LogP contribution in [0.1, 0.15) is 13.3 Å². The van der Waals surface area contributed by atoms with E-state index in [4.69, 9.17) is 11.5 Å². The summed E-state index contributed by atoms with van der Waals surface area (Å²) in [5.41, 5.74) is 0. The summed E-state index contributed by atoms with van der Waals surface area (Å²) in [5, 5.41) is 8.37. The van der Waals surface area contributed by atoms with Gasteiger partial charge in [-0.2, -0.15) is 0 Å². The first kappa shape index (κ1) is 5.52. The Kier molecular flexibility index (Phi) is 2.52. The molecule has 1 radical (unpaired) electrons. The highest BCUT2D eigenvalue weighted by atomic mass is 16.3. The summed E-state index contributed by atoms with van der Waals surface area (Å²) in [6.45, 7) is 1.80. The van der Waals surface area contributed by atoms with Gasteiger partial charge in [0.25, 0.3) is 0 Å². The van der Waals surface area contributed by atoms with Crippen molar-refractivity contribution in [3.63, 3.8) is 0 Å². The predicted octanol–water partition coefficient (Wildman–Crippen LogP) is 0.347. The van der Waals surface area contributed by atoms with Gasteiger partial charge in [-0.3, -0.25) is 0 Å². The van der Waals surface area contributed by atoms with Gasteiger partial charge in [0.05, 0.1) is 0 Å². The fourth-order valence-electron chi connectivity index (χ4n) is 0.102. The molecule has 0 aliphatic rings. The summed E-state index contributed by atoms with van der Waals surface area (Å²) < 4.78 is 0. The molecule has 1 nitrogen and oxygen atoms in total. The topological polar surface area (TPSA) is 20.2 Å². The first-order valence-corrected chi connectivity index (χ1v) is 1.91. The Morgan fingerprint density at radius 2 is 2.50 bits per heavy atom. The molecule has 0 aromatic heterocycles. The highest BCUT2D eigenvalue weighted by Crippen LogP contribution is 1.82. The zero-order valence-electron chi connectivity index (χ0n) is 3.73. The average molecular weight is 83.1 g/mol. The maximum atomic E-state index is 8.37. The number of aliphatic hydroxyl groups is 1. The van der Waals surface area contributed by atoms with E-state index in [1.165, 1.54) is 0 Å². The van der Waals surface area contributed by atoms with Crippen LogP contribution in [-0.4, -0.2) is 11.2 Å². The van der Waals surface area contributed by atoms with E-state index < -0.39 is 6.10 Å². The summed E-state index contributed by atoms with van der Waals surface area (Å²) in [7, 11) is 0. The van der Waals surface area contributed by atoms with Crippen LogP contribution < -0.4 is 0 Å². The quantitative estimate of drug-likeness (QED) is 0.453. The summed E-state index contributed by atoms with van der Waals surface area (Å²) in [6, 6.07) is 0. The summed E-state index contributed by atoms with van der Waals surface area (Å²) >= 11 is 0. The molecular formula is C5H7O. The molecule has 0 heterocycles. The van der Waals surface area contributed by atoms with Gasteiger partial charge in [0.1, 0.15) is 6.10 Å². The van der Waals surface area contributed by atoms with Crippen molar-refractivity contribution >= 4 is 0 Å². The molecular weight excluding hydrogens is 76.1 g/mol. The minimum absolute atomic E-state index is 0.587. The van der Waals surface area contributed by atoms with Crippen LogP contribution in [0, 0.1) is 12.3 Å². The molecule has 1 N–H and O–H groups in total. The van der Waals surface area contributed by atoms with Crippen molar-refractivity contribution in [3.05, 3.63) is 6.42 Å². The van der Waals surface area contributed by atoms with Crippen LogP contribution in [0.5, 0.6) is 0 Å². The van der Waals surface area contributed by atoms with Gasteiger partial charge in [0, 0.05) is 0 Å². The molecule has 0 saturated carbocycles. The third-order valence-corrected chi connectivity index (χ3v) is 0.553. The van der Waals surface area contributed by atoms with E-state index in [0.29, 0.717) is 6.42 Å². The molecule has 33 valence electrons. The van der Waals surface area contributed by atoms with Crippen molar-refractivity contribution in [1.82, 2.24) is 0 Å². The molecule has 0 fully saturated rings. The molecule has 0 aromatic rings. The smallest absolute Gasteiger partial charge is 0.115 e. The van der Waals surface area contributed by atoms with E-state index in [1.54, 1.807) is 6.92 Å². The minimum Gasteiger partial charge on any atom is -0.380 e. The van der Waals surface area contributed by atoms with Crippen LogP contribution >= 0.6 is 0 Å². The molecule has 6 heavy (non-hydrogen) atoms. The van der Waals surface area contributed by atoms with Crippen LogP contribution in [0.25, 0.3) is 0 Å². The fraction of sp³-hybridized carbons (Fsp3) is 0.600. The van der Waals surface area contributed by atoms with Crippen LogP contribution in [0.15, 0.2) is 0 Å². The minimum atomic E-state index is -0.648. The van der Waals surface area contributed by atoms with Crippen LogP contribution in [-0.2, 0) is 0 Å². The van der Waals surface area contributed by atoms with Crippen molar-refractivity contribution in [3.8, 4) is 5.92 Å². The maximum Gasteiger partial charge on any atom is 0.115 e. The molecule has 1 heteroatoms. The van der Waals surface area contributed by atoms with Crippen molar-refractivity contribution in [2.24, 2.45) is 0 Å². The Labute approximate surface area is 38.0 Å². The Bertz CT molecular complexity index is 60.8. The summed E-state index contributed by atoms with van der Waals surface area (Å²) in [4.78, 5) is 0. The first-order chi connectivity index (χ1) is 2.81. The molecule has 0 spiro atoms. The van der Waals surface area contributed by atoms with E-state index in [9.17, 15) is 0 Å². The third kappa shape index (κ3) is 1.80. The second-order valence-electron chi connectivity index (χ2n) is 1.07.